The van der Waals surface area contributed by atoms with E-state index in [1.807, 2.05) is 0 Å². The molecule has 0 aliphatic carbocycles. The Morgan fingerprint density at radius 3 is 2.75 bits per heavy atom. The van der Waals surface area contributed by atoms with Gasteiger partial charge in [0.05, 0.1) is 18.6 Å². The second kappa shape index (κ2) is 6.05. The van der Waals surface area contributed by atoms with Gasteiger partial charge in [-0.3, -0.25) is 0 Å². The molecule has 0 unspecified atom stereocenters. The molecule has 0 fully saturated rings. The van der Waals surface area contributed by atoms with Crippen LogP contribution in [0.3, 0.4) is 0 Å². The van der Waals surface area contributed by atoms with E-state index < -0.39 is 17.5 Å². The zero-order valence-corrected chi connectivity index (χ0v) is 13.7. The third-order valence-corrected chi connectivity index (χ3v) is 3.96. The van der Waals surface area contributed by atoms with Crippen LogP contribution in [0.15, 0.2) is 51.0 Å². The average molecular weight is 348 g/mol. The number of ether oxygens (including phenoxy) is 2. The first-order valence-corrected chi connectivity index (χ1v) is 7.46. The summed E-state index contributed by atoms with van der Waals surface area (Å²) < 4.78 is 15.4. The monoisotopic (exact) mass is 347 g/mol. The fourth-order valence-electron chi connectivity index (χ4n) is 2.75. The standard InChI is InChI=1S/C17H14ClNO5/c1-8-6-11-13(17(21)23-8)12(9-4-3-5-10(18)7-9)14(15(19)24-11)16(20)22-2/h3-7,12H,19H2,1-2H3/t12-/m0/s1. The van der Waals surface area contributed by atoms with Gasteiger partial charge in [0, 0.05) is 11.1 Å². The number of nitrogens with two attached hydrogens (primary N) is 1. The molecule has 1 aromatic heterocycles. The second-order valence-electron chi connectivity index (χ2n) is 5.28. The van der Waals surface area contributed by atoms with Crippen molar-refractivity contribution in [1.82, 2.24) is 0 Å². The van der Waals surface area contributed by atoms with Crippen molar-refractivity contribution < 1.29 is 18.7 Å². The lowest BCUT2D eigenvalue weighted by Crippen LogP contribution is -2.30. The van der Waals surface area contributed by atoms with Crippen molar-refractivity contribution in [2.45, 2.75) is 12.8 Å². The number of carbonyl (C=O) groups excluding carboxylic acids is 1. The largest absolute Gasteiger partial charge is 0.465 e. The first-order valence-electron chi connectivity index (χ1n) is 7.08. The van der Waals surface area contributed by atoms with E-state index in [2.05, 4.69) is 0 Å². The molecule has 2 aromatic rings. The summed E-state index contributed by atoms with van der Waals surface area (Å²) >= 11 is 6.06. The number of halogens is 1. The lowest BCUT2D eigenvalue weighted by Gasteiger charge is -2.27. The molecule has 0 radical (unpaired) electrons. The van der Waals surface area contributed by atoms with Crippen LogP contribution in [0.2, 0.25) is 5.02 Å². The highest BCUT2D eigenvalue weighted by atomic mass is 35.5. The summed E-state index contributed by atoms with van der Waals surface area (Å²) in [7, 11) is 1.23. The lowest BCUT2D eigenvalue weighted by atomic mass is 9.84. The molecule has 0 spiro atoms. The molecule has 2 N–H and O–H groups in total. The highest BCUT2D eigenvalue weighted by Crippen LogP contribution is 2.41. The van der Waals surface area contributed by atoms with Gasteiger partial charge in [0.15, 0.2) is 0 Å². The Labute approximate surface area is 142 Å². The molecule has 1 aliphatic heterocycles. The van der Waals surface area contributed by atoms with Crippen LogP contribution in [-0.2, 0) is 9.53 Å². The van der Waals surface area contributed by atoms with Crippen molar-refractivity contribution >= 4 is 17.6 Å². The fourth-order valence-corrected chi connectivity index (χ4v) is 2.94. The Kier molecular flexibility index (Phi) is 4.07. The normalized spacial score (nSPS) is 16.4. The predicted molar refractivity (Wildman–Crippen MR) is 86.9 cm³/mol. The van der Waals surface area contributed by atoms with E-state index in [1.54, 1.807) is 37.3 Å². The number of esters is 1. The average Bonchev–Trinajstić information content (AvgIpc) is 2.52. The number of carbonyl (C=O) groups is 1. The van der Waals surface area contributed by atoms with Gasteiger partial charge < -0.3 is 19.6 Å². The van der Waals surface area contributed by atoms with E-state index in [1.165, 1.54) is 7.11 Å². The molecule has 0 saturated heterocycles. The van der Waals surface area contributed by atoms with Crippen LogP contribution >= 0.6 is 11.6 Å². The molecule has 0 bridgehead atoms. The van der Waals surface area contributed by atoms with Gasteiger partial charge in [-0.15, -0.1) is 0 Å². The van der Waals surface area contributed by atoms with E-state index in [4.69, 9.17) is 31.2 Å². The van der Waals surface area contributed by atoms with E-state index >= 15 is 0 Å². The summed E-state index contributed by atoms with van der Waals surface area (Å²) in [6.07, 6.45) is 0. The molecule has 7 heteroatoms. The van der Waals surface area contributed by atoms with Gasteiger partial charge in [0.1, 0.15) is 17.1 Å². The van der Waals surface area contributed by atoms with Crippen LogP contribution in [0.5, 0.6) is 5.75 Å². The quantitative estimate of drug-likeness (QED) is 0.839. The summed E-state index contributed by atoms with van der Waals surface area (Å²) in [5.41, 5.74) is 6.13. The Morgan fingerprint density at radius 1 is 1.33 bits per heavy atom. The minimum absolute atomic E-state index is 0.0309. The summed E-state index contributed by atoms with van der Waals surface area (Å²) in [5.74, 6) is -0.985. The molecular formula is C17H14ClNO5. The summed E-state index contributed by atoms with van der Waals surface area (Å²) in [6, 6.07) is 8.34. The number of benzene rings is 1. The first-order chi connectivity index (χ1) is 11.4. The molecule has 3 rings (SSSR count). The molecule has 0 saturated carbocycles. The third kappa shape index (κ3) is 2.65. The Morgan fingerprint density at radius 2 is 2.08 bits per heavy atom. The van der Waals surface area contributed by atoms with Crippen molar-refractivity contribution in [2.75, 3.05) is 7.11 Å². The molecule has 124 valence electrons. The van der Waals surface area contributed by atoms with Crippen molar-refractivity contribution in [3.05, 3.63) is 74.1 Å². The maximum Gasteiger partial charge on any atom is 0.343 e. The Balaban J connectivity index is 2.32. The number of hydrogen-bond donors (Lipinski definition) is 1. The third-order valence-electron chi connectivity index (χ3n) is 3.72. The van der Waals surface area contributed by atoms with Gasteiger partial charge in [-0.2, -0.15) is 0 Å². The van der Waals surface area contributed by atoms with Crippen LogP contribution in [0.4, 0.5) is 0 Å². The van der Waals surface area contributed by atoms with Crippen LogP contribution in [0, 0.1) is 6.92 Å². The molecule has 6 nitrogen and oxygen atoms in total. The molecule has 1 atom stereocenters. The predicted octanol–water partition coefficient (Wildman–Crippen LogP) is 2.47. The number of methoxy groups -OCH3 is 1. The molecule has 1 aliphatic rings. The molecule has 0 amide bonds. The second-order valence-corrected chi connectivity index (χ2v) is 5.72. The van der Waals surface area contributed by atoms with Gasteiger partial charge in [-0.1, -0.05) is 23.7 Å². The molecule has 1 aromatic carbocycles. The van der Waals surface area contributed by atoms with Crippen molar-refractivity contribution in [2.24, 2.45) is 5.73 Å². The van der Waals surface area contributed by atoms with E-state index in [0.717, 1.165) is 0 Å². The Bertz CT molecular complexity index is 915. The zero-order chi connectivity index (χ0) is 17.4. The fraction of sp³-hybridized carbons (Fsp3) is 0.176. The first kappa shape index (κ1) is 16.1. The minimum atomic E-state index is -0.795. The maximum atomic E-state index is 12.4. The zero-order valence-electron chi connectivity index (χ0n) is 13.0. The number of hydrogen-bond acceptors (Lipinski definition) is 6. The van der Waals surface area contributed by atoms with Crippen LogP contribution < -0.4 is 16.1 Å². The van der Waals surface area contributed by atoms with Gasteiger partial charge in [0.2, 0.25) is 5.88 Å². The summed E-state index contributed by atoms with van der Waals surface area (Å²) in [4.78, 5) is 24.6. The van der Waals surface area contributed by atoms with Gasteiger partial charge >= 0.3 is 11.6 Å². The molecule has 2 heterocycles. The van der Waals surface area contributed by atoms with Gasteiger partial charge in [-0.05, 0) is 24.6 Å². The SMILES string of the molecule is COC(=O)C1=C(N)Oc2cc(C)oc(=O)c2[C@@H]1c1cccc(Cl)c1. The number of fused-ring (bicyclic) bond motifs is 1. The lowest BCUT2D eigenvalue weighted by molar-refractivity contribution is -0.136. The minimum Gasteiger partial charge on any atom is -0.465 e. The summed E-state index contributed by atoms with van der Waals surface area (Å²) in [5, 5.41) is 0.458. The maximum absolute atomic E-state index is 12.4. The van der Waals surface area contributed by atoms with Crippen LogP contribution in [0.25, 0.3) is 0 Å². The summed E-state index contributed by atoms with van der Waals surface area (Å²) in [6.45, 7) is 1.62. The Hall–Kier alpha value is -2.73. The number of aryl methyl sites for hydroxylation is 1. The smallest absolute Gasteiger partial charge is 0.343 e. The van der Waals surface area contributed by atoms with Gasteiger partial charge in [-0.25, -0.2) is 9.59 Å². The molecular weight excluding hydrogens is 334 g/mol. The van der Waals surface area contributed by atoms with E-state index in [9.17, 15) is 9.59 Å². The van der Waals surface area contributed by atoms with E-state index in [0.29, 0.717) is 16.3 Å². The highest BCUT2D eigenvalue weighted by molar-refractivity contribution is 6.30. The number of rotatable bonds is 2. The topological polar surface area (TPSA) is 91.8 Å². The van der Waals surface area contributed by atoms with Crippen LogP contribution in [-0.4, -0.2) is 13.1 Å². The van der Waals surface area contributed by atoms with Crippen LogP contribution in [0.1, 0.15) is 22.8 Å². The van der Waals surface area contributed by atoms with Gasteiger partial charge in [0.25, 0.3) is 0 Å². The van der Waals surface area contributed by atoms with Crippen molar-refractivity contribution in [3.63, 3.8) is 0 Å². The molecule has 24 heavy (non-hydrogen) atoms. The highest BCUT2D eigenvalue weighted by Gasteiger charge is 2.38. The van der Waals surface area contributed by atoms with Crippen molar-refractivity contribution in [1.29, 1.82) is 0 Å². The van der Waals surface area contributed by atoms with Crippen molar-refractivity contribution in [3.8, 4) is 5.75 Å². The van der Waals surface area contributed by atoms with E-state index in [-0.39, 0.29) is 22.8 Å².